The van der Waals surface area contributed by atoms with Crippen molar-refractivity contribution in [1.29, 1.82) is 0 Å². The molecule has 0 fully saturated rings. The summed E-state index contributed by atoms with van der Waals surface area (Å²) in [7, 11) is -1.86. The highest BCUT2D eigenvalue weighted by molar-refractivity contribution is 7.88. The second-order valence-corrected chi connectivity index (χ2v) is 7.32. The number of carbonyl (C=O) groups is 1. The van der Waals surface area contributed by atoms with Gasteiger partial charge in [-0.05, 0) is 18.9 Å². The molecule has 0 aromatic heterocycles. The Morgan fingerprint density at radius 3 is 2.39 bits per heavy atom. The monoisotopic (exact) mass is 342 g/mol. The molecule has 0 aliphatic rings. The van der Waals surface area contributed by atoms with Gasteiger partial charge in [-0.3, -0.25) is 4.79 Å². The predicted molar refractivity (Wildman–Crippen MR) is 90.4 cm³/mol. The minimum Gasteiger partial charge on any atom is -0.385 e. The van der Waals surface area contributed by atoms with Crippen LogP contribution in [0.5, 0.6) is 0 Å². The minimum atomic E-state index is -3.42. The van der Waals surface area contributed by atoms with Gasteiger partial charge in [0.2, 0.25) is 15.9 Å². The molecule has 0 bridgehead atoms. The van der Waals surface area contributed by atoms with Crippen molar-refractivity contribution in [2.45, 2.75) is 19.9 Å². The van der Waals surface area contributed by atoms with E-state index in [1.54, 1.807) is 12.0 Å². The molecule has 0 radical (unpaired) electrons. The van der Waals surface area contributed by atoms with Gasteiger partial charge in [0, 0.05) is 33.4 Å². The van der Waals surface area contributed by atoms with Crippen LogP contribution < -0.4 is 0 Å². The normalized spacial score (nSPS) is 11.7. The first-order valence-corrected chi connectivity index (χ1v) is 9.49. The van der Waals surface area contributed by atoms with Crippen LogP contribution in [0.4, 0.5) is 0 Å². The fourth-order valence-corrected chi connectivity index (χ4v) is 2.98. The number of sulfonamides is 1. The van der Waals surface area contributed by atoms with E-state index < -0.39 is 10.0 Å². The van der Waals surface area contributed by atoms with Crippen molar-refractivity contribution < 1.29 is 17.9 Å². The molecule has 0 N–H and O–H groups in total. The van der Waals surface area contributed by atoms with Crippen LogP contribution in [0.15, 0.2) is 30.3 Å². The van der Waals surface area contributed by atoms with E-state index in [0.717, 1.165) is 11.8 Å². The third-order valence-electron chi connectivity index (χ3n) is 3.49. The summed E-state index contributed by atoms with van der Waals surface area (Å²) in [6, 6.07) is 9.65. The highest BCUT2D eigenvalue weighted by Crippen LogP contribution is 2.07. The van der Waals surface area contributed by atoms with Gasteiger partial charge in [-0.15, -0.1) is 0 Å². The molecule has 23 heavy (non-hydrogen) atoms. The third-order valence-corrected chi connectivity index (χ3v) is 4.74. The Labute approximate surface area is 139 Å². The Morgan fingerprint density at radius 2 is 1.87 bits per heavy atom. The van der Waals surface area contributed by atoms with Gasteiger partial charge in [-0.2, -0.15) is 4.31 Å². The molecule has 1 amide bonds. The van der Waals surface area contributed by atoms with Crippen molar-refractivity contribution in [2.24, 2.45) is 0 Å². The van der Waals surface area contributed by atoms with Crippen LogP contribution in [0.25, 0.3) is 0 Å². The van der Waals surface area contributed by atoms with Gasteiger partial charge in [0.15, 0.2) is 0 Å². The first-order valence-electron chi connectivity index (χ1n) is 7.64. The molecule has 1 rings (SSSR count). The number of nitrogens with zero attached hydrogens (tertiary/aromatic N) is 2. The summed E-state index contributed by atoms with van der Waals surface area (Å²) in [5, 5.41) is 0. The Kier molecular flexibility index (Phi) is 8.22. The molecule has 1 aromatic carbocycles. The molecule has 0 unspecified atom stereocenters. The van der Waals surface area contributed by atoms with Gasteiger partial charge >= 0.3 is 0 Å². The van der Waals surface area contributed by atoms with E-state index in [4.69, 9.17) is 4.74 Å². The molecule has 7 heteroatoms. The lowest BCUT2D eigenvalue weighted by Gasteiger charge is -2.25. The molecule has 0 atom stereocenters. The molecule has 6 nitrogen and oxygen atoms in total. The SMILES string of the molecule is CCN(Cc1ccccc1)C(=O)CN(CCCOC)S(C)(=O)=O. The summed E-state index contributed by atoms with van der Waals surface area (Å²) >= 11 is 0. The van der Waals surface area contributed by atoms with Crippen LogP contribution in [-0.2, 0) is 26.1 Å². The zero-order valence-corrected chi connectivity index (χ0v) is 14.9. The molecular weight excluding hydrogens is 316 g/mol. The number of benzene rings is 1. The van der Waals surface area contributed by atoms with E-state index in [-0.39, 0.29) is 19.0 Å². The minimum absolute atomic E-state index is 0.136. The van der Waals surface area contributed by atoms with Crippen molar-refractivity contribution in [2.75, 3.05) is 39.6 Å². The van der Waals surface area contributed by atoms with E-state index in [1.165, 1.54) is 4.31 Å². The smallest absolute Gasteiger partial charge is 0.238 e. The predicted octanol–water partition coefficient (Wildman–Crippen LogP) is 1.33. The Bertz CT molecular complexity index is 575. The number of amides is 1. The summed E-state index contributed by atoms with van der Waals surface area (Å²) in [5.74, 6) is -0.195. The van der Waals surface area contributed by atoms with Crippen LogP contribution in [0.1, 0.15) is 18.9 Å². The highest BCUT2D eigenvalue weighted by Gasteiger charge is 2.22. The van der Waals surface area contributed by atoms with E-state index in [1.807, 2.05) is 37.3 Å². The first-order chi connectivity index (χ1) is 10.9. The van der Waals surface area contributed by atoms with Crippen LogP contribution in [0.3, 0.4) is 0 Å². The Balaban J connectivity index is 2.71. The van der Waals surface area contributed by atoms with Crippen LogP contribution in [-0.4, -0.2) is 63.1 Å². The van der Waals surface area contributed by atoms with Crippen molar-refractivity contribution in [1.82, 2.24) is 9.21 Å². The van der Waals surface area contributed by atoms with Crippen LogP contribution in [0, 0.1) is 0 Å². The maximum Gasteiger partial charge on any atom is 0.238 e. The summed E-state index contributed by atoms with van der Waals surface area (Å²) in [5.41, 5.74) is 1.02. The number of likely N-dealkylation sites (N-methyl/N-ethyl adjacent to an activating group) is 1. The standard InChI is InChI=1S/C16H26N2O4S/c1-4-17(13-15-9-6-5-7-10-15)16(19)14-18(23(3,20)21)11-8-12-22-2/h5-7,9-10H,4,8,11-14H2,1-3H3. The van der Waals surface area contributed by atoms with Crippen LogP contribution in [0.2, 0.25) is 0 Å². The van der Waals surface area contributed by atoms with Crippen LogP contribution >= 0.6 is 0 Å². The number of hydrogen-bond acceptors (Lipinski definition) is 4. The first kappa shape index (κ1) is 19.6. The highest BCUT2D eigenvalue weighted by atomic mass is 32.2. The quantitative estimate of drug-likeness (QED) is 0.602. The van der Waals surface area contributed by atoms with Crippen molar-refractivity contribution in [3.05, 3.63) is 35.9 Å². The zero-order valence-electron chi connectivity index (χ0n) is 14.1. The molecule has 0 saturated carbocycles. The maximum absolute atomic E-state index is 12.5. The third kappa shape index (κ3) is 7.11. The molecule has 0 heterocycles. The zero-order chi connectivity index (χ0) is 17.3. The molecule has 0 aliphatic carbocycles. The summed E-state index contributed by atoms with van der Waals surface area (Å²) in [4.78, 5) is 14.1. The molecule has 0 aliphatic heterocycles. The number of hydrogen-bond donors (Lipinski definition) is 0. The van der Waals surface area contributed by atoms with E-state index >= 15 is 0 Å². The van der Waals surface area contributed by atoms with E-state index in [2.05, 4.69) is 0 Å². The lowest BCUT2D eigenvalue weighted by atomic mass is 10.2. The number of rotatable bonds is 10. The van der Waals surface area contributed by atoms with Gasteiger partial charge in [0.1, 0.15) is 0 Å². The van der Waals surface area contributed by atoms with Gasteiger partial charge in [0.25, 0.3) is 0 Å². The average molecular weight is 342 g/mol. The fraction of sp³-hybridized carbons (Fsp3) is 0.562. The lowest BCUT2D eigenvalue weighted by Crippen LogP contribution is -2.42. The second kappa shape index (κ2) is 9.64. The number of ether oxygens (including phenoxy) is 1. The Morgan fingerprint density at radius 1 is 1.22 bits per heavy atom. The van der Waals surface area contributed by atoms with Crippen molar-refractivity contribution in [3.8, 4) is 0 Å². The molecule has 1 aromatic rings. The van der Waals surface area contributed by atoms with Crippen molar-refractivity contribution in [3.63, 3.8) is 0 Å². The van der Waals surface area contributed by atoms with Gasteiger partial charge in [0.05, 0.1) is 12.8 Å². The fourth-order valence-electron chi connectivity index (χ4n) is 2.18. The molecule has 0 saturated heterocycles. The maximum atomic E-state index is 12.5. The second-order valence-electron chi connectivity index (χ2n) is 5.34. The molecule has 130 valence electrons. The topological polar surface area (TPSA) is 66.9 Å². The number of methoxy groups -OCH3 is 1. The van der Waals surface area contributed by atoms with E-state index in [9.17, 15) is 13.2 Å². The van der Waals surface area contributed by atoms with E-state index in [0.29, 0.717) is 26.1 Å². The largest absolute Gasteiger partial charge is 0.385 e. The Hall–Kier alpha value is -1.44. The average Bonchev–Trinajstić information content (AvgIpc) is 2.51. The lowest BCUT2D eigenvalue weighted by molar-refractivity contribution is -0.131. The summed E-state index contributed by atoms with van der Waals surface area (Å²) in [6.07, 6.45) is 1.68. The van der Waals surface area contributed by atoms with Gasteiger partial charge < -0.3 is 9.64 Å². The number of carbonyl (C=O) groups excluding carboxylic acids is 1. The summed E-state index contributed by atoms with van der Waals surface area (Å²) < 4.78 is 29.8. The molecular formula is C16H26N2O4S. The van der Waals surface area contributed by atoms with Gasteiger partial charge in [-0.25, -0.2) is 8.42 Å². The summed E-state index contributed by atoms with van der Waals surface area (Å²) in [6.45, 7) is 3.50. The van der Waals surface area contributed by atoms with Crippen molar-refractivity contribution >= 4 is 15.9 Å². The molecule has 0 spiro atoms. The van der Waals surface area contributed by atoms with Gasteiger partial charge in [-0.1, -0.05) is 30.3 Å².